The number of aromatic nitrogens is 2. The maximum absolute atomic E-state index is 5.35. The molecule has 76 valence electrons. The second-order valence-electron chi connectivity index (χ2n) is 3.92. The summed E-state index contributed by atoms with van der Waals surface area (Å²) in [5.41, 5.74) is 1.14. The average molecular weight is 193 g/mol. The maximum atomic E-state index is 5.35. The number of ether oxygens (including phenoxy) is 1. The van der Waals surface area contributed by atoms with Gasteiger partial charge in [0.15, 0.2) is 0 Å². The lowest BCUT2D eigenvalue weighted by Crippen LogP contribution is -2.42. The molecule has 0 radical (unpaired) electrons. The Kier molecular flexibility index (Phi) is 2.74. The van der Waals surface area contributed by atoms with Crippen LogP contribution in [0.3, 0.4) is 0 Å². The van der Waals surface area contributed by atoms with Crippen LogP contribution in [-0.2, 0) is 11.3 Å². The lowest BCUT2D eigenvalue weighted by atomic mass is 10.0. The van der Waals surface area contributed by atoms with E-state index in [0.29, 0.717) is 0 Å². The Morgan fingerprint density at radius 3 is 3.21 bits per heavy atom. The third-order valence-corrected chi connectivity index (χ3v) is 2.56. The van der Waals surface area contributed by atoms with Crippen LogP contribution in [0.25, 0.3) is 0 Å². The van der Waals surface area contributed by atoms with Crippen LogP contribution in [0.1, 0.15) is 19.0 Å². The molecule has 0 bridgehead atoms. The molecule has 1 N–H and O–H groups in total. The smallest absolute Gasteiger partial charge is 0.115 e. The van der Waals surface area contributed by atoms with Gasteiger partial charge in [0.1, 0.15) is 6.33 Å². The van der Waals surface area contributed by atoms with Gasteiger partial charge in [-0.3, -0.25) is 0 Å². The fraction of sp³-hybridized carbons (Fsp3) is 0.600. The summed E-state index contributed by atoms with van der Waals surface area (Å²) in [7, 11) is 0. The molecule has 4 nitrogen and oxygen atoms in total. The summed E-state index contributed by atoms with van der Waals surface area (Å²) < 4.78 is 5.35. The van der Waals surface area contributed by atoms with Crippen LogP contribution in [0.2, 0.25) is 0 Å². The van der Waals surface area contributed by atoms with Crippen LogP contribution < -0.4 is 5.32 Å². The predicted octanol–water partition coefficient (Wildman–Crippen LogP) is 0.745. The highest BCUT2D eigenvalue weighted by Crippen LogP contribution is 2.17. The van der Waals surface area contributed by atoms with Gasteiger partial charge in [-0.15, -0.1) is 0 Å². The van der Waals surface area contributed by atoms with Crippen LogP contribution in [0, 0.1) is 0 Å². The highest BCUT2D eigenvalue weighted by Gasteiger charge is 2.28. The Bertz CT molecular complexity index is 283. The van der Waals surface area contributed by atoms with E-state index in [0.717, 1.165) is 31.9 Å². The predicted molar refractivity (Wildman–Crippen MR) is 52.7 cm³/mol. The van der Waals surface area contributed by atoms with Gasteiger partial charge in [0, 0.05) is 24.9 Å². The maximum Gasteiger partial charge on any atom is 0.115 e. The standard InChI is InChI=1S/C10H15N3O/c1-10(3-5-14-7-10)13-6-9-2-4-11-8-12-9/h2,4,8,13H,3,5-7H2,1H3. The minimum absolute atomic E-state index is 0.116. The van der Waals surface area contributed by atoms with Crippen LogP contribution in [0.4, 0.5) is 0 Å². The Morgan fingerprint density at radius 2 is 2.57 bits per heavy atom. The molecule has 1 aliphatic heterocycles. The average Bonchev–Trinajstić information content (AvgIpc) is 2.65. The zero-order chi connectivity index (χ0) is 9.86. The second-order valence-corrected chi connectivity index (χ2v) is 3.92. The minimum Gasteiger partial charge on any atom is -0.379 e. The molecule has 14 heavy (non-hydrogen) atoms. The first-order valence-corrected chi connectivity index (χ1v) is 4.86. The largest absolute Gasteiger partial charge is 0.379 e. The monoisotopic (exact) mass is 193 g/mol. The normalized spacial score (nSPS) is 26.6. The summed E-state index contributed by atoms with van der Waals surface area (Å²) in [5.74, 6) is 0. The molecule has 2 rings (SSSR count). The summed E-state index contributed by atoms with van der Waals surface area (Å²) in [6, 6.07) is 1.92. The summed E-state index contributed by atoms with van der Waals surface area (Å²) in [4.78, 5) is 8.04. The van der Waals surface area contributed by atoms with Crippen molar-refractivity contribution in [3.8, 4) is 0 Å². The number of rotatable bonds is 3. The Morgan fingerprint density at radius 1 is 1.64 bits per heavy atom. The fourth-order valence-electron chi connectivity index (χ4n) is 1.53. The van der Waals surface area contributed by atoms with Crippen LogP contribution in [0.5, 0.6) is 0 Å². The first kappa shape index (κ1) is 9.55. The van der Waals surface area contributed by atoms with E-state index in [2.05, 4.69) is 22.2 Å². The molecule has 0 aliphatic carbocycles. The number of nitrogens with one attached hydrogen (secondary N) is 1. The number of hydrogen-bond acceptors (Lipinski definition) is 4. The van der Waals surface area contributed by atoms with Gasteiger partial charge >= 0.3 is 0 Å². The second kappa shape index (κ2) is 4.02. The molecule has 0 spiro atoms. The quantitative estimate of drug-likeness (QED) is 0.769. The van der Waals surface area contributed by atoms with Gasteiger partial charge in [0.2, 0.25) is 0 Å². The van der Waals surface area contributed by atoms with Crippen LogP contribution in [-0.4, -0.2) is 28.7 Å². The van der Waals surface area contributed by atoms with Crippen molar-refractivity contribution in [1.82, 2.24) is 15.3 Å². The lowest BCUT2D eigenvalue weighted by molar-refractivity contribution is 0.171. The zero-order valence-electron chi connectivity index (χ0n) is 8.36. The molecule has 4 heteroatoms. The fourth-order valence-corrected chi connectivity index (χ4v) is 1.53. The van der Waals surface area contributed by atoms with Gasteiger partial charge in [-0.05, 0) is 19.4 Å². The summed E-state index contributed by atoms with van der Waals surface area (Å²) in [6.45, 7) is 4.61. The third-order valence-electron chi connectivity index (χ3n) is 2.56. The highest BCUT2D eigenvalue weighted by atomic mass is 16.5. The van der Waals surface area contributed by atoms with Gasteiger partial charge < -0.3 is 10.1 Å². The van der Waals surface area contributed by atoms with E-state index < -0.39 is 0 Å². The highest BCUT2D eigenvalue weighted by molar-refractivity contribution is 4.99. The molecule has 1 aromatic heterocycles. The van der Waals surface area contributed by atoms with Crippen LogP contribution >= 0.6 is 0 Å². The molecule has 0 saturated carbocycles. The number of nitrogens with zero attached hydrogens (tertiary/aromatic N) is 2. The minimum atomic E-state index is 0.116. The van der Waals surface area contributed by atoms with E-state index in [1.165, 1.54) is 0 Å². The zero-order valence-corrected chi connectivity index (χ0v) is 8.36. The van der Waals surface area contributed by atoms with Gasteiger partial charge in [0.25, 0.3) is 0 Å². The lowest BCUT2D eigenvalue weighted by Gasteiger charge is -2.23. The van der Waals surface area contributed by atoms with Crippen molar-refractivity contribution in [2.24, 2.45) is 0 Å². The van der Waals surface area contributed by atoms with Crippen molar-refractivity contribution in [3.05, 3.63) is 24.3 Å². The van der Waals surface area contributed by atoms with Gasteiger partial charge in [-0.25, -0.2) is 9.97 Å². The summed E-state index contributed by atoms with van der Waals surface area (Å²) >= 11 is 0. The van der Waals surface area contributed by atoms with Gasteiger partial charge in [0.05, 0.1) is 12.3 Å². The molecule has 1 aliphatic rings. The molecule has 1 unspecified atom stereocenters. The Hall–Kier alpha value is -1.00. The first-order valence-electron chi connectivity index (χ1n) is 4.86. The van der Waals surface area contributed by atoms with Crippen LogP contribution in [0.15, 0.2) is 18.6 Å². The molecule has 1 aromatic rings. The van der Waals surface area contributed by atoms with Crippen molar-refractivity contribution in [3.63, 3.8) is 0 Å². The van der Waals surface area contributed by atoms with Crippen molar-refractivity contribution in [2.75, 3.05) is 13.2 Å². The third kappa shape index (κ3) is 2.27. The van der Waals surface area contributed by atoms with Crippen molar-refractivity contribution in [2.45, 2.75) is 25.4 Å². The Labute approximate surface area is 83.7 Å². The van der Waals surface area contributed by atoms with E-state index in [4.69, 9.17) is 4.74 Å². The van der Waals surface area contributed by atoms with Gasteiger partial charge in [-0.2, -0.15) is 0 Å². The SMILES string of the molecule is CC1(NCc2ccncn2)CCOC1. The molecular weight excluding hydrogens is 178 g/mol. The van der Waals surface area contributed by atoms with E-state index in [1.54, 1.807) is 12.5 Å². The topological polar surface area (TPSA) is 47.0 Å². The van der Waals surface area contributed by atoms with E-state index in [-0.39, 0.29) is 5.54 Å². The molecule has 0 aromatic carbocycles. The molecule has 0 amide bonds. The van der Waals surface area contributed by atoms with E-state index >= 15 is 0 Å². The molecule has 2 heterocycles. The molecule has 1 saturated heterocycles. The van der Waals surface area contributed by atoms with Gasteiger partial charge in [-0.1, -0.05) is 0 Å². The molecule has 1 fully saturated rings. The van der Waals surface area contributed by atoms with Crippen molar-refractivity contribution < 1.29 is 4.74 Å². The Balaban J connectivity index is 1.88. The molecular formula is C10H15N3O. The molecule has 1 atom stereocenters. The van der Waals surface area contributed by atoms with Crippen molar-refractivity contribution in [1.29, 1.82) is 0 Å². The summed E-state index contributed by atoms with van der Waals surface area (Å²) in [6.07, 6.45) is 4.40. The first-order chi connectivity index (χ1) is 6.79. The summed E-state index contributed by atoms with van der Waals surface area (Å²) in [5, 5.41) is 3.46. The van der Waals surface area contributed by atoms with E-state index in [1.807, 2.05) is 6.07 Å². The van der Waals surface area contributed by atoms with Crippen molar-refractivity contribution >= 4 is 0 Å². The number of hydrogen-bond donors (Lipinski definition) is 1. The van der Waals surface area contributed by atoms with E-state index in [9.17, 15) is 0 Å².